The minimum atomic E-state index is -0.0983. The average molecular weight is 311 g/mol. The van der Waals surface area contributed by atoms with Crippen LogP contribution in [0.15, 0.2) is 35.7 Å². The van der Waals surface area contributed by atoms with Crippen LogP contribution in [-0.2, 0) is 4.79 Å². The third-order valence-corrected chi connectivity index (χ3v) is 4.55. The summed E-state index contributed by atoms with van der Waals surface area (Å²) >= 11 is 1.66. The molecule has 1 aromatic carbocycles. The van der Waals surface area contributed by atoms with E-state index in [-0.39, 0.29) is 5.91 Å². The number of carbonyl (C=O) groups excluding carboxylic acids is 1. The van der Waals surface area contributed by atoms with Gasteiger partial charge in [0.05, 0.1) is 5.69 Å². The minimum absolute atomic E-state index is 0.0983. The van der Waals surface area contributed by atoms with Crippen LogP contribution in [0.25, 0.3) is 0 Å². The number of piperazine rings is 1. The van der Waals surface area contributed by atoms with Gasteiger partial charge in [-0.05, 0) is 19.1 Å². The van der Waals surface area contributed by atoms with Crippen molar-refractivity contribution in [3.63, 3.8) is 0 Å². The van der Waals surface area contributed by atoms with E-state index in [1.165, 1.54) is 0 Å². The van der Waals surface area contributed by atoms with Gasteiger partial charge in [-0.25, -0.2) is 4.98 Å². The number of thiazole rings is 1. The van der Waals surface area contributed by atoms with E-state index in [1.807, 2.05) is 42.2 Å². The molecule has 0 unspecified atom stereocenters. The van der Waals surface area contributed by atoms with Crippen molar-refractivity contribution in [2.45, 2.75) is 6.92 Å². The van der Waals surface area contributed by atoms with Crippen molar-refractivity contribution in [3.05, 3.63) is 47.0 Å². The fourth-order valence-corrected chi connectivity index (χ4v) is 3.17. The number of carbonyl (C=O) groups is 1. The Hall–Kier alpha value is -2.32. The molecule has 0 aliphatic carbocycles. The van der Waals surface area contributed by atoms with Crippen molar-refractivity contribution in [1.29, 1.82) is 0 Å². The van der Waals surface area contributed by atoms with E-state index in [1.54, 1.807) is 11.3 Å². The lowest BCUT2D eigenvalue weighted by Crippen LogP contribution is -2.48. The van der Waals surface area contributed by atoms with Crippen molar-refractivity contribution >= 4 is 22.4 Å². The van der Waals surface area contributed by atoms with Crippen LogP contribution in [0.5, 0.6) is 0 Å². The maximum atomic E-state index is 12.1. The number of hydrogen-bond donors (Lipinski definition) is 0. The topological polar surface area (TPSA) is 36.4 Å². The molecule has 0 radical (unpaired) electrons. The van der Waals surface area contributed by atoms with E-state index in [0.29, 0.717) is 13.1 Å². The molecule has 0 atom stereocenters. The fourth-order valence-electron chi connectivity index (χ4n) is 2.31. The van der Waals surface area contributed by atoms with Crippen molar-refractivity contribution in [2.75, 3.05) is 31.1 Å². The first-order chi connectivity index (χ1) is 10.7. The van der Waals surface area contributed by atoms with Gasteiger partial charge >= 0.3 is 0 Å². The minimum Gasteiger partial charge on any atom is -0.345 e. The molecule has 1 aliphatic heterocycles. The first-order valence-corrected chi connectivity index (χ1v) is 8.13. The van der Waals surface area contributed by atoms with Gasteiger partial charge in [-0.3, -0.25) is 4.79 Å². The molecule has 1 aromatic heterocycles. The summed E-state index contributed by atoms with van der Waals surface area (Å²) < 4.78 is 0. The third-order valence-electron chi connectivity index (χ3n) is 3.53. The highest BCUT2D eigenvalue weighted by molar-refractivity contribution is 7.13. The molecule has 0 bridgehead atoms. The zero-order valence-corrected chi connectivity index (χ0v) is 13.3. The summed E-state index contributed by atoms with van der Waals surface area (Å²) in [4.78, 5) is 20.7. The van der Waals surface area contributed by atoms with Gasteiger partial charge in [0.25, 0.3) is 5.91 Å². The van der Waals surface area contributed by atoms with Crippen molar-refractivity contribution in [3.8, 4) is 11.8 Å². The summed E-state index contributed by atoms with van der Waals surface area (Å²) in [7, 11) is 0. The Labute approximate surface area is 134 Å². The second kappa shape index (κ2) is 6.63. The van der Waals surface area contributed by atoms with Crippen LogP contribution >= 0.6 is 11.3 Å². The molecule has 1 aliphatic rings. The maximum Gasteiger partial charge on any atom is 0.298 e. The largest absolute Gasteiger partial charge is 0.345 e. The zero-order valence-electron chi connectivity index (χ0n) is 12.5. The van der Waals surface area contributed by atoms with Crippen LogP contribution in [-0.4, -0.2) is 42.0 Å². The number of hydrogen-bond acceptors (Lipinski definition) is 4. The zero-order chi connectivity index (χ0) is 15.4. The maximum absolute atomic E-state index is 12.1. The smallest absolute Gasteiger partial charge is 0.298 e. The number of nitrogens with zero attached hydrogens (tertiary/aromatic N) is 3. The molecule has 112 valence electrons. The Bertz CT molecular complexity index is 706. The van der Waals surface area contributed by atoms with E-state index < -0.39 is 0 Å². The number of amides is 1. The van der Waals surface area contributed by atoms with Crippen molar-refractivity contribution < 1.29 is 4.79 Å². The lowest BCUT2D eigenvalue weighted by atomic mass is 10.2. The van der Waals surface area contributed by atoms with E-state index in [0.717, 1.165) is 29.5 Å². The van der Waals surface area contributed by atoms with Gasteiger partial charge in [0, 0.05) is 43.0 Å². The highest BCUT2D eigenvalue weighted by Crippen LogP contribution is 2.21. The molecule has 2 aromatic rings. The van der Waals surface area contributed by atoms with Gasteiger partial charge in [0.15, 0.2) is 5.13 Å². The lowest BCUT2D eigenvalue weighted by molar-refractivity contribution is -0.125. The first-order valence-electron chi connectivity index (χ1n) is 7.25. The second-order valence-electron chi connectivity index (χ2n) is 5.17. The third kappa shape index (κ3) is 3.46. The van der Waals surface area contributed by atoms with Gasteiger partial charge in [-0.1, -0.05) is 24.1 Å². The molecule has 22 heavy (non-hydrogen) atoms. The van der Waals surface area contributed by atoms with Gasteiger partial charge in [-0.15, -0.1) is 11.3 Å². The Balaban J connectivity index is 1.57. The molecule has 4 nitrogen and oxygen atoms in total. The Kier molecular flexibility index (Phi) is 4.40. The first kappa shape index (κ1) is 14.6. The molecule has 5 heteroatoms. The highest BCUT2D eigenvalue weighted by Gasteiger charge is 2.21. The average Bonchev–Trinajstić information content (AvgIpc) is 3.00. The monoisotopic (exact) mass is 311 g/mol. The van der Waals surface area contributed by atoms with Gasteiger partial charge in [0.2, 0.25) is 0 Å². The van der Waals surface area contributed by atoms with E-state index in [2.05, 4.69) is 27.1 Å². The van der Waals surface area contributed by atoms with Crippen molar-refractivity contribution in [1.82, 2.24) is 9.88 Å². The standard InChI is InChI=1S/C17H17N3OS/c1-14-13-22-17(18-14)20-11-9-19(10-12-20)16(21)8-7-15-5-3-2-4-6-15/h2-6,13H,9-12H2,1H3. The van der Waals surface area contributed by atoms with Gasteiger partial charge < -0.3 is 9.80 Å². The predicted molar refractivity (Wildman–Crippen MR) is 89.0 cm³/mol. The molecule has 1 saturated heterocycles. The molecule has 0 saturated carbocycles. The molecule has 1 fully saturated rings. The normalized spacial score (nSPS) is 14.4. The van der Waals surface area contributed by atoms with Crippen LogP contribution in [0.2, 0.25) is 0 Å². The highest BCUT2D eigenvalue weighted by atomic mass is 32.1. The Morgan fingerprint density at radius 3 is 2.55 bits per heavy atom. The Morgan fingerprint density at radius 1 is 1.18 bits per heavy atom. The summed E-state index contributed by atoms with van der Waals surface area (Å²) in [6.45, 7) is 5.01. The molecule has 0 N–H and O–H groups in total. The molecular weight excluding hydrogens is 294 g/mol. The molecular formula is C17H17N3OS. The van der Waals surface area contributed by atoms with Crippen LogP contribution in [0.3, 0.4) is 0 Å². The summed E-state index contributed by atoms with van der Waals surface area (Å²) in [5.41, 5.74) is 1.92. The van der Waals surface area contributed by atoms with E-state index >= 15 is 0 Å². The lowest BCUT2D eigenvalue weighted by Gasteiger charge is -2.33. The van der Waals surface area contributed by atoms with E-state index in [9.17, 15) is 4.79 Å². The number of aryl methyl sites for hydroxylation is 1. The summed E-state index contributed by atoms with van der Waals surface area (Å²) in [5.74, 6) is 5.56. The molecule has 3 rings (SSSR count). The molecule has 1 amide bonds. The summed E-state index contributed by atoms with van der Waals surface area (Å²) in [5, 5.41) is 3.10. The predicted octanol–water partition coefficient (Wildman–Crippen LogP) is 2.15. The van der Waals surface area contributed by atoms with Crippen LogP contribution in [0.1, 0.15) is 11.3 Å². The Morgan fingerprint density at radius 2 is 1.91 bits per heavy atom. The SMILES string of the molecule is Cc1csc(N2CCN(C(=O)C#Cc3ccccc3)CC2)n1. The van der Waals surface area contributed by atoms with Gasteiger partial charge in [-0.2, -0.15) is 0 Å². The number of rotatable bonds is 1. The number of benzene rings is 1. The summed E-state index contributed by atoms with van der Waals surface area (Å²) in [6.07, 6.45) is 0. The molecule has 0 spiro atoms. The van der Waals surface area contributed by atoms with Gasteiger partial charge in [0.1, 0.15) is 0 Å². The van der Waals surface area contributed by atoms with Crippen LogP contribution in [0, 0.1) is 18.8 Å². The second-order valence-corrected chi connectivity index (χ2v) is 6.00. The van der Waals surface area contributed by atoms with Crippen molar-refractivity contribution in [2.24, 2.45) is 0 Å². The molecule has 2 heterocycles. The quantitative estimate of drug-likeness (QED) is 0.757. The van der Waals surface area contributed by atoms with E-state index in [4.69, 9.17) is 0 Å². The van der Waals surface area contributed by atoms with Crippen LogP contribution in [0.4, 0.5) is 5.13 Å². The summed E-state index contributed by atoms with van der Waals surface area (Å²) in [6, 6.07) is 9.59. The van der Waals surface area contributed by atoms with Crippen LogP contribution < -0.4 is 4.90 Å². The fraction of sp³-hybridized carbons (Fsp3) is 0.294. The number of anilines is 1. The number of aromatic nitrogens is 1.